The monoisotopic (exact) mass is 523 g/mol. The van der Waals surface area contributed by atoms with E-state index in [0.29, 0.717) is 37.6 Å². The number of piperazine rings is 1. The van der Waals surface area contributed by atoms with Crippen molar-refractivity contribution in [2.24, 2.45) is 0 Å². The van der Waals surface area contributed by atoms with Crippen LogP contribution in [0.4, 0.5) is 0 Å². The van der Waals surface area contributed by atoms with Crippen LogP contribution in [0.1, 0.15) is 5.56 Å². The highest BCUT2D eigenvalue weighted by molar-refractivity contribution is 7.89. The van der Waals surface area contributed by atoms with Crippen LogP contribution in [-0.4, -0.2) is 79.0 Å². The zero-order valence-electron chi connectivity index (χ0n) is 18.9. The van der Waals surface area contributed by atoms with Crippen LogP contribution in [0.3, 0.4) is 0 Å². The predicted molar refractivity (Wildman–Crippen MR) is 140 cm³/mol. The Bertz CT molecular complexity index is 1180. The second kappa shape index (κ2) is 11.4. The zero-order chi connectivity index (χ0) is 22.1. The van der Waals surface area contributed by atoms with Crippen LogP contribution in [0, 0.1) is 0 Å². The lowest BCUT2D eigenvalue weighted by atomic mass is 10.1. The van der Waals surface area contributed by atoms with Gasteiger partial charge in [-0.05, 0) is 17.0 Å². The molecule has 9 heteroatoms. The molecule has 184 valence electrons. The maximum Gasteiger partial charge on any atom is 0.243 e. The van der Waals surface area contributed by atoms with Crippen LogP contribution in [0.15, 0.2) is 77.7 Å². The molecule has 3 aromatic rings. The number of likely N-dealkylation sites (tertiary alicyclic amines) is 1. The van der Waals surface area contributed by atoms with E-state index in [9.17, 15) is 13.5 Å². The van der Waals surface area contributed by atoms with E-state index < -0.39 is 16.1 Å². The molecule has 0 aromatic heterocycles. The fourth-order valence-electron chi connectivity index (χ4n) is 5.01. The highest BCUT2D eigenvalue weighted by Crippen LogP contribution is 2.27. The summed E-state index contributed by atoms with van der Waals surface area (Å²) in [6.07, 6.45) is -0.417. The van der Waals surface area contributed by atoms with Crippen molar-refractivity contribution in [3.63, 3.8) is 0 Å². The van der Waals surface area contributed by atoms with Gasteiger partial charge in [0.15, 0.2) is 0 Å². The largest absolute Gasteiger partial charge is 0.390 e. The van der Waals surface area contributed by atoms with Crippen molar-refractivity contribution < 1.29 is 13.5 Å². The minimum absolute atomic E-state index is 0. The Hall–Kier alpha value is -1.71. The van der Waals surface area contributed by atoms with Crippen molar-refractivity contribution in [1.29, 1.82) is 0 Å². The van der Waals surface area contributed by atoms with Gasteiger partial charge in [-0.15, -0.1) is 24.8 Å². The predicted octanol–water partition coefficient (Wildman–Crippen LogP) is 3.24. The van der Waals surface area contributed by atoms with Crippen LogP contribution in [-0.2, 0) is 16.6 Å². The highest BCUT2D eigenvalue weighted by Gasteiger charge is 2.38. The van der Waals surface area contributed by atoms with E-state index in [0.717, 1.165) is 23.9 Å². The Morgan fingerprint density at radius 2 is 1.44 bits per heavy atom. The molecule has 0 aliphatic carbocycles. The van der Waals surface area contributed by atoms with E-state index in [-0.39, 0.29) is 30.9 Å². The highest BCUT2D eigenvalue weighted by atomic mass is 35.5. The number of aliphatic hydroxyl groups is 1. The number of nitrogens with zero attached hydrogens (tertiary/aromatic N) is 3. The molecule has 2 aliphatic rings. The number of sulfonamides is 1. The molecule has 0 spiro atoms. The summed E-state index contributed by atoms with van der Waals surface area (Å²) < 4.78 is 28.4. The second-order valence-electron chi connectivity index (χ2n) is 8.73. The third-order valence-corrected chi connectivity index (χ3v) is 8.65. The van der Waals surface area contributed by atoms with Gasteiger partial charge >= 0.3 is 0 Å². The van der Waals surface area contributed by atoms with E-state index in [2.05, 4.69) is 21.9 Å². The number of halogens is 2. The van der Waals surface area contributed by atoms with Crippen molar-refractivity contribution in [2.75, 3.05) is 39.3 Å². The molecule has 2 fully saturated rings. The summed E-state index contributed by atoms with van der Waals surface area (Å²) in [5.74, 6) is 0. The number of rotatable bonds is 5. The summed E-state index contributed by atoms with van der Waals surface area (Å²) in [5, 5.41) is 12.4. The summed E-state index contributed by atoms with van der Waals surface area (Å²) in [6.45, 7) is 4.40. The minimum Gasteiger partial charge on any atom is -0.390 e. The molecule has 0 saturated carbocycles. The Kier molecular flexibility index (Phi) is 8.98. The average Bonchev–Trinajstić information content (AvgIpc) is 3.19. The van der Waals surface area contributed by atoms with Gasteiger partial charge in [0.2, 0.25) is 10.0 Å². The number of hydrogen-bond acceptors (Lipinski definition) is 5. The van der Waals surface area contributed by atoms with Gasteiger partial charge in [-0.25, -0.2) is 8.42 Å². The Morgan fingerprint density at radius 3 is 2.18 bits per heavy atom. The number of β-amino-alcohol motifs (C(OH)–C–C–N with tert-alkyl or cyclic N) is 1. The van der Waals surface area contributed by atoms with E-state index in [1.54, 1.807) is 10.4 Å². The van der Waals surface area contributed by atoms with Gasteiger partial charge in [-0.3, -0.25) is 9.80 Å². The maximum absolute atomic E-state index is 13.4. The van der Waals surface area contributed by atoms with E-state index in [1.807, 2.05) is 54.6 Å². The summed E-state index contributed by atoms with van der Waals surface area (Å²) in [7, 11) is -3.57. The van der Waals surface area contributed by atoms with Crippen molar-refractivity contribution >= 4 is 45.6 Å². The fourth-order valence-corrected chi connectivity index (χ4v) is 6.65. The lowest BCUT2D eigenvalue weighted by Gasteiger charge is -2.38. The number of hydrogen-bond donors (Lipinski definition) is 1. The number of benzene rings is 3. The van der Waals surface area contributed by atoms with Crippen molar-refractivity contribution in [1.82, 2.24) is 14.1 Å². The Balaban J connectivity index is 0.00000162. The standard InChI is InChI=1S/C25H29N3O3S.2ClH/c29-24-19-26(17-20-7-2-1-3-8-20)18-23(24)27-13-15-28(16-14-27)32(30,31)25-12-6-10-21-9-4-5-11-22(21)25;;/h1-12,23-24,29H,13-19H2;2*1H/t23-,24-;;/m0../s1. The lowest BCUT2D eigenvalue weighted by molar-refractivity contribution is 0.0618. The molecule has 2 heterocycles. The first-order valence-electron chi connectivity index (χ1n) is 11.2. The van der Waals surface area contributed by atoms with E-state index >= 15 is 0 Å². The molecule has 6 nitrogen and oxygen atoms in total. The summed E-state index contributed by atoms with van der Waals surface area (Å²) in [5.41, 5.74) is 1.24. The molecular weight excluding hydrogens is 493 g/mol. The third kappa shape index (κ3) is 5.41. The van der Waals surface area contributed by atoms with Crippen LogP contribution >= 0.6 is 24.8 Å². The van der Waals surface area contributed by atoms with E-state index in [1.165, 1.54) is 5.56 Å². The molecule has 1 N–H and O–H groups in total. The first-order valence-corrected chi connectivity index (χ1v) is 12.6. The SMILES string of the molecule is Cl.Cl.O=S(=O)(c1cccc2ccccc12)N1CCN([C@H]2CN(Cc3ccccc3)C[C@@H]2O)CC1. The van der Waals surface area contributed by atoms with Crippen molar-refractivity contribution in [3.05, 3.63) is 78.4 Å². The van der Waals surface area contributed by atoms with E-state index in [4.69, 9.17) is 0 Å². The van der Waals surface area contributed by atoms with Gasteiger partial charge in [0, 0.05) is 57.2 Å². The van der Waals surface area contributed by atoms with Crippen LogP contribution < -0.4 is 0 Å². The average molecular weight is 525 g/mol. The van der Waals surface area contributed by atoms with Crippen molar-refractivity contribution in [3.8, 4) is 0 Å². The molecule has 0 amide bonds. The van der Waals surface area contributed by atoms with Gasteiger partial charge in [0.25, 0.3) is 0 Å². The van der Waals surface area contributed by atoms with Gasteiger partial charge in [-0.1, -0.05) is 66.7 Å². The minimum atomic E-state index is -3.57. The normalized spacial score (nSPS) is 22.3. The summed E-state index contributed by atoms with van der Waals surface area (Å²) >= 11 is 0. The Labute approximate surface area is 214 Å². The zero-order valence-corrected chi connectivity index (χ0v) is 21.3. The summed E-state index contributed by atoms with van der Waals surface area (Å²) in [6, 6.07) is 23.4. The molecule has 34 heavy (non-hydrogen) atoms. The molecular formula is C25H31Cl2N3O3S. The molecule has 5 rings (SSSR count). The van der Waals surface area contributed by atoms with Crippen LogP contribution in [0.25, 0.3) is 10.8 Å². The topological polar surface area (TPSA) is 64.1 Å². The number of aliphatic hydroxyl groups excluding tert-OH is 1. The van der Waals surface area contributed by atoms with Crippen molar-refractivity contribution in [2.45, 2.75) is 23.6 Å². The summed E-state index contributed by atoms with van der Waals surface area (Å²) in [4.78, 5) is 4.91. The molecule has 2 aliphatic heterocycles. The van der Waals surface area contributed by atoms with Gasteiger partial charge < -0.3 is 5.11 Å². The van der Waals surface area contributed by atoms with Crippen LogP contribution in [0.2, 0.25) is 0 Å². The number of fused-ring (bicyclic) bond motifs is 1. The van der Waals surface area contributed by atoms with Gasteiger partial charge in [-0.2, -0.15) is 4.31 Å². The van der Waals surface area contributed by atoms with Crippen LogP contribution in [0.5, 0.6) is 0 Å². The van der Waals surface area contributed by atoms with Gasteiger partial charge in [0.1, 0.15) is 0 Å². The van der Waals surface area contributed by atoms with Gasteiger partial charge in [0.05, 0.1) is 11.0 Å². The molecule has 0 radical (unpaired) electrons. The molecule has 0 unspecified atom stereocenters. The molecule has 3 aromatic carbocycles. The third-order valence-electron chi connectivity index (χ3n) is 6.69. The first kappa shape index (κ1) is 26.9. The second-order valence-corrected chi connectivity index (χ2v) is 10.6. The Morgan fingerprint density at radius 1 is 0.794 bits per heavy atom. The quantitative estimate of drug-likeness (QED) is 0.556. The molecule has 0 bridgehead atoms. The molecule has 2 saturated heterocycles. The smallest absolute Gasteiger partial charge is 0.243 e. The maximum atomic E-state index is 13.4. The lowest BCUT2D eigenvalue weighted by Crippen LogP contribution is -2.54. The fraction of sp³-hybridized carbons (Fsp3) is 0.360. The molecule has 2 atom stereocenters. The first-order chi connectivity index (χ1) is 15.5.